The Kier molecular flexibility index (Phi) is 11.5. The van der Waals surface area contributed by atoms with E-state index in [4.69, 9.17) is 9.47 Å². The van der Waals surface area contributed by atoms with Crippen molar-refractivity contribution in [3.63, 3.8) is 0 Å². The van der Waals surface area contributed by atoms with Gasteiger partial charge in [0.25, 0.3) is 5.91 Å². The molecule has 256 valence electrons. The molecule has 1 saturated heterocycles. The number of hydrogen-bond acceptors (Lipinski definition) is 6. The summed E-state index contributed by atoms with van der Waals surface area (Å²) in [5, 5.41) is 2.91. The molecule has 5 rings (SSSR count). The molecule has 4 aromatic carbocycles. The van der Waals surface area contributed by atoms with Crippen LogP contribution in [0.1, 0.15) is 72.1 Å². The van der Waals surface area contributed by atoms with E-state index >= 15 is 0 Å². The molecule has 0 radical (unpaired) electrons. The summed E-state index contributed by atoms with van der Waals surface area (Å²) in [5.41, 5.74) is 3.12. The van der Waals surface area contributed by atoms with Gasteiger partial charge in [0.15, 0.2) is 6.10 Å². The van der Waals surface area contributed by atoms with Crippen molar-refractivity contribution in [2.45, 2.75) is 57.3 Å². The van der Waals surface area contributed by atoms with E-state index in [1.807, 2.05) is 54.6 Å². The third-order valence-electron chi connectivity index (χ3n) is 8.75. The smallest absolute Gasteiger partial charge is 0.416 e. The minimum absolute atomic E-state index is 0.204. The maximum absolute atomic E-state index is 13.5. The van der Waals surface area contributed by atoms with Crippen LogP contribution in [0.15, 0.2) is 103 Å². The molecule has 10 heteroatoms. The molecule has 0 bridgehead atoms. The lowest BCUT2D eigenvalue weighted by atomic mass is 9.88. The lowest BCUT2D eigenvalue weighted by molar-refractivity contribution is -0.171. The molecule has 0 aromatic heterocycles. The maximum atomic E-state index is 13.5. The first kappa shape index (κ1) is 35.3. The number of esters is 2. The Labute approximate surface area is 284 Å². The number of alkyl halides is 3. The zero-order valence-electron chi connectivity index (χ0n) is 27.4. The number of benzene rings is 4. The molecule has 7 nitrogen and oxygen atoms in total. The zero-order valence-corrected chi connectivity index (χ0v) is 27.4. The summed E-state index contributed by atoms with van der Waals surface area (Å²) >= 11 is 0. The molecule has 1 heterocycles. The number of hydrogen-bond donors (Lipinski definition) is 1. The molecule has 4 aromatic rings. The van der Waals surface area contributed by atoms with E-state index in [0.717, 1.165) is 36.1 Å². The Morgan fingerprint density at radius 1 is 0.816 bits per heavy atom. The Morgan fingerprint density at radius 3 is 2.06 bits per heavy atom. The van der Waals surface area contributed by atoms with Gasteiger partial charge in [-0.3, -0.25) is 9.69 Å². The molecule has 1 fully saturated rings. The fraction of sp³-hybridized carbons (Fsp3) is 0.308. The highest BCUT2D eigenvalue weighted by Gasteiger charge is 2.35. The highest BCUT2D eigenvalue weighted by atomic mass is 19.4. The third kappa shape index (κ3) is 8.75. The fourth-order valence-electron chi connectivity index (χ4n) is 6.17. The lowest BCUT2D eigenvalue weighted by Gasteiger charge is -2.37. The summed E-state index contributed by atoms with van der Waals surface area (Å²) in [4.78, 5) is 41.2. The first-order chi connectivity index (χ1) is 23.6. The van der Waals surface area contributed by atoms with E-state index in [2.05, 4.69) is 10.2 Å². The Morgan fingerprint density at radius 2 is 1.45 bits per heavy atom. The maximum Gasteiger partial charge on any atom is 0.416 e. The molecular formula is C39H39F3N2O5. The number of rotatable bonds is 11. The number of carbonyl (C=O) groups is 3. The van der Waals surface area contributed by atoms with Gasteiger partial charge in [-0.2, -0.15) is 13.2 Å². The highest BCUT2D eigenvalue weighted by molar-refractivity contribution is 6.08. The van der Waals surface area contributed by atoms with Crippen molar-refractivity contribution >= 4 is 23.5 Å². The van der Waals surface area contributed by atoms with Gasteiger partial charge in [0.05, 0.1) is 12.2 Å². The van der Waals surface area contributed by atoms with Crippen molar-refractivity contribution in [3.8, 4) is 11.1 Å². The van der Waals surface area contributed by atoms with Gasteiger partial charge in [-0.05, 0) is 97.8 Å². The predicted octanol–water partition coefficient (Wildman–Crippen LogP) is 8.43. The van der Waals surface area contributed by atoms with Crippen LogP contribution in [0.25, 0.3) is 11.1 Å². The summed E-state index contributed by atoms with van der Waals surface area (Å²) in [6, 6.07) is 27.9. The molecule has 1 aliphatic rings. The van der Waals surface area contributed by atoms with E-state index in [0.29, 0.717) is 41.9 Å². The number of carbonyl (C=O) groups excluding carboxylic acids is 3. The van der Waals surface area contributed by atoms with Crippen molar-refractivity contribution in [2.24, 2.45) is 0 Å². The molecule has 1 aliphatic heterocycles. The molecule has 0 spiro atoms. The topological polar surface area (TPSA) is 84.9 Å². The summed E-state index contributed by atoms with van der Waals surface area (Å²) in [5.74, 6) is -1.17. The standard InChI is InChI=1S/C39H39F3N2O5/c1-3-34(37(46)48-4-2)49-38(47)35(29-10-6-5-7-11-29)44-24-22-27(23-25-44)26-16-20-31(21-17-26)43-36(45)33-13-9-8-12-32(33)28-14-18-30(19-15-28)39(40,41)42/h5-21,27,34-35H,3-4,22-25H2,1-2H3,(H,43,45). The third-order valence-corrected chi connectivity index (χ3v) is 8.75. The molecule has 2 unspecified atom stereocenters. The highest BCUT2D eigenvalue weighted by Crippen LogP contribution is 2.35. The second kappa shape index (κ2) is 16.0. The van der Waals surface area contributed by atoms with Gasteiger partial charge in [0.1, 0.15) is 6.04 Å². The van der Waals surface area contributed by atoms with Crippen LogP contribution in [-0.2, 0) is 25.2 Å². The zero-order chi connectivity index (χ0) is 35.0. The monoisotopic (exact) mass is 672 g/mol. The van der Waals surface area contributed by atoms with Crippen LogP contribution in [0, 0.1) is 0 Å². The van der Waals surface area contributed by atoms with E-state index in [9.17, 15) is 27.6 Å². The van der Waals surface area contributed by atoms with Crippen LogP contribution < -0.4 is 5.32 Å². The second-order valence-electron chi connectivity index (χ2n) is 11.9. The minimum atomic E-state index is -4.44. The second-order valence-corrected chi connectivity index (χ2v) is 11.9. The van der Waals surface area contributed by atoms with Gasteiger partial charge in [0, 0.05) is 11.3 Å². The predicted molar refractivity (Wildman–Crippen MR) is 181 cm³/mol. The summed E-state index contributed by atoms with van der Waals surface area (Å²) < 4.78 is 50.0. The SMILES string of the molecule is CCOC(=O)C(CC)OC(=O)C(c1ccccc1)N1CCC(c2ccc(NC(=O)c3ccccc3-c3ccc(C(F)(F)F)cc3)cc2)CC1. The number of halogens is 3. The van der Waals surface area contributed by atoms with Crippen LogP contribution in [0.3, 0.4) is 0 Å². The molecule has 1 amide bonds. The number of ether oxygens (including phenoxy) is 2. The van der Waals surface area contributed by atoms with Crippen LogP contribution in [0.5, 0.6) is 0 Å². The Hall–Kier alpha value is -4.96. The van der Waals surface area contributed by atoms with Gasteiger partial charge >= 0.3 is 18.1 Å². The van der Waals surface area contributed by atoms with Crippen LogP contribution in [-0.4, -0.2) is 48.5 Å². The molecular weight excluding hydrogens is 633 g/mol. The first-order valence-corrected chi connectivity index (χ1v) is 16.4. The normalized spacial score (nSPS) is 15.2. The van der Waals surface area contributed by atoms with Gasteiger partial charge < -0.3 is 14.8 Å². The molecule has 0 aliphatic carbocycles. The summed E-state index contributed by atoms with van der Waals surface area (Å²) in [6.07, 6.45) is -3.51. The van der Waals surface area contributed by atoms with Crippen molar-refractivity contribution in [1.82, 2.24) is 4.90 Å². The average Bonchev–Trinajstić information content (AvgIpc) is 3.11. The van der Waals surface area contributed by atoms with Crippen molar-refractivity contribution in [2.75, 3.05) is 25.0 Å². The molecule has 0 saturated carbocycles. The van der Waals surface area contributed by atoms with Gasteiger partial charge in [-0.1, -0.05) is 79.7 Å². The van der Waals surface area contributed by atoms with E-state index in [1.165, 1.54) is 12.1 Å². The number of nitrogens with zero attached hydrogens (tertiary/aromatic N) is 1. The van der Waals surface area contributed by atoms with Crippen LogP contribution in [0.2, 0.25) is 0 Å². The fourth-order valence-corrected chi connectivity index (χ4v) is 6.17. The van der Waals surface area contributed by atoms with Crippen LogP contribution >= 0.6 is 0 Å². The van der Waals surface area contributed by atoms with Gasteiger partial charge in [-0.15, -0.1) is 0 Å². The average molecular weight is 673 g/mol. The molecule has 2 atom stereocenters. The van der Waals surface area contributed by atoms with Crippen molar-refractivity contribution in [1.29, 1.82) is 0 Å². The van der Waals surface area contributed by atoms with E-state index in [1.54, 1.807) is 38.1 Å². The van der Waals surface area contributed by atoms with Crippen molar-refractivity contribution in [3.05, 3.63) is 125 Å². The number of anilines is 1. The minimum Gasteiger partial charge on any atom is -0.463 e. The van der Waals surface area contributed by atoms with Gasteiger partial charge in [0.2, 0.25) is 0 Å². The number of likely N-dealkylation sites (tertiary alicyclic amines) is 1. The van der Waals surface area contributed by atoms with Crippen LogP contribution in [0.4, 0.5) is 18.9 Å². The Bertz CT molecular complexity index is 1720. The Balaban J connectivity index is 1.23. The summed E-state index contributed by atoms with van der Waals surface area (Å²) in [7, 11) is 0. The first-order valence-electron chi connectivity index (χ1n) is 16.4. The molecule has 49 heavy (non-hydrogen) atoms. The van der Waals surface area contributed by atoms with E-state index in [-0.39, 0.29) is 18.4 Å². The molecule has 1 N–H and O–H groups in total. The van der Waals surface area contributed by atoms with Crippen molar-refractivity contribution < 1.29 is 37.0 Å². The summed E-state index contributed by atoms with van der Waals surface area (Å²) in [6.45, 7) is 4.96. The number of nitrogens with one attached hydrogen (secondary N) is 1. The largest absolute Gasteiger partial charge is 0.463 e. The number of amides is 1. The number of piperidine rings is 1. The quantitative estimate of drug-likeness (QED) is 0.161. The lowest BCUT2D eigenvalue weighted by Crippen LogP contribution is -2.42. The van der Waals surface area contributed by atoms with E-state index < -0.39 is 35.8 Å². The van der Waals surface area contributed by atoms with Gasteiger partial charge in [-0.25, -0.2) is 9.59 Å².